The zero-order chi connectivity index (χ0) is 13.5. The Hall–Kier alpha value is -0.930. The first-order valence-corrected chi connectivity index (χ1v) is 7.61. The molecule has 0 radical (unpaired) electrons. The summed E-state index contributed by atoms with van der Waals surface area (Å²) in [5.41, 5.74) is 2.60. The molecule has 1 aliphatic rings. The fraction of sp³-hybridized carbons (Fsp3) is 0.688. The summed E-state index contributed by atoms with van der Waals surface area (Å²) in [7, 11) is 0. The number of aryl methyl sites for hydroxylation is 1. The van der Waals surface area contributed by atoms with E-state index >= 15 is 0 Å². The normalized spacial score (nSPS) is 19.8. The Labute approximate surface area is 117 Å². The Morgan fingerprint density at radius 1 is 1.42 bits per heavy atom. The van der Waals surface area contributed by atoms with Gasteiger partial charge in [0.25, 0.3) is 0 Å². The standard InChI is InChI=1S/C16H27N3/c1-3-7-19(12-15-5-4-6-17-10-15)13-16-8-14(2)9-18-11-16/h8-9,11,15,17H,3-7,10,12-13H2,1-2H3. The number of pyridine rings is 1. The molecular formula is C16H27N3. The fourth-order valence-corrected chi connectivity index (χ4v) is 2.96. The molecule has 1 fully saturated rings. The van der Waals surface area contributed by atoms with Gasteiger partial charge in [0.05, 0.1) is 0 Å². The van der Waals surface area contributed by atoms with Gasteiger partial charge in [-0.3, -0.25) is 9.88 Å². The second-order valence-electron chi connectivity index (χ2n) is 5.82. The molecule has 0 saturated carbocycles. The minimum Gasteiger partial charge on any atom is -0.316 e. The van der Waals surface area contributed by atoms with Crippen LogP contribution in [0.1, 0.15) is 37.3 Å². The number of hydrogen-bond donors (Lipinski definition) is 1. The molecule has 1 atom stereocenters. The second kappa shape index (κ2) is 7.61. The lowest BCUT2D eigenvalue weighted by molar-refractivity contribution is 0.201. The molecule has 1 unspecified atom stereocenters. The molecule has 0 aliphatic carbocycles. The van der Waals surface area contributed by atoms with Crippen molar-refractivity contribution in [3.8, 4) is 0 Å². The predicted octanol–water partition coefficient (Wildman–Crippen LogP) is 2.60. The van der Waals surface area contributed by atoms with Crippen molar-refractivity contribution in [1.29, 1.82) is 0 Å². The number of nitrogens with one attached hydrogen (secondary N) is 1. The third kappa shape index (κ3) is 4.92. The summed E-state index contributed by atoms with van der Waals surface area (Å²) in [5.74, 6) is 0.818. The van der Waals surface area contributed by atoms with Crippen molar-refractivity contribution in [2.75, 3.05) is 26.2 Å². The van der Waals surface area contributed by atoms with Crippen LogP contribution in [0, 0.1) is 12.8 Å². The van der Waals surface area contributed by atoms with Crippen LogP contribution in [0.3, 0.4) is 0 Å². The van der Waals surface area contributed by atoms with E-state index in [0.29, 0.717) is 0 Å². The highest BCUT2D eigenvalue weighted by molar-refractivity contribution is 5.16. The third-order valence-electron chi connectivity index (χ3n) is 3.79. The van der Waals surface area contributed by atoms with Crippen LogP contribution in [0.4, 0.5) is 0 Å². The quantitative estimate of drug-likeness (QED) is 0.853. The van der Waals surface area contributed by atoms with E-state index in [9.17, 15) is 0 Å². The fourth-order valence-electron chi connectivity index (χ4n) is 2.96. The molecule has 0 spiro atoms. The second-order valence-corrected chi connectivity index (χ2v) is 5.82. The molecule has 1 saturated heterocycles. The summed E-state index contributed by atoms with van der Waals surface area (Å²) in [6.07, 6.45) is 7.86. The zero-order valence-corrected chi connectivity index (χ0v) is 12.4. The Morgan fingerprint density at radius 2 is 2.32 bits per heavy atom. The summed E-state index contributed by atoms with van der Waals surface area (Å²) in [5, 5.41) is 3.52. The van der Waals surface area contributed by atoms with Gasteiger partial charge in [-0.05, 0) is 62.9 Å². The minimum atomic E-state index is 0.818. The molecule has 2 heterocycles. The highest BCUT2D eigenvalue weighted by atomic mass is 15.1. The van der Waals surface area contributed by atoms with Crippen molar-refractivity contribution in [2.24, 2.45) is 5.92 Å². The first kappa shape index (κ1) is 14.5. The maximum absolute atomic E-state index is 4.31. The van der Waals surface area contributed by atoms with Crippen LogP contribution in [0.15, 0.2) is 18.5 Å². The van der Waals surface area contributed by atoms with Gasteiger partial charge >= 0.3 is 0 Å². The van der Waals surface area contributed by atoms with E-state index in [1.54, 1.807) is 0 Å². The Kier molecular flexibility index (Phi) is 5.80. The van der Waals surface area contributed by atoms with Crippen LogP contribution in [0.2, 0.25) is 0 Å². The van der Waals surface area contributed by atoms with E-state index in [1.807, 2.05) is 12.4 Å². The number of nitrogens with zero attached hydrogens (tertiary/aromatic N) is 2. The van der Waals surface area contributed by atoms with Crippen molar-refractivity contribution in [3.05, 3.63) is 29.6 Å². The van der Waals surface area contributed by atoms with E-state index in [0.717, 1.165) is 12.5 Å². The number of hydrogen-bond acceptors (Lipinski definition) is 3. The average Bonchev–Trinajstić information content (AvgIpc) is 2.40. The van der Waals surface area contributed by atoms with Crippen LogP contribution in [0.5, 0.6) is 0 Å². The molecule has 19 heavy (non-hydrogen) atoms. The van der Waals surface area contributed by atoms with Gasteiger partial charge in [0.1, 0.15) is 0 Å². The van der Waals surface area contributed by atoms with Gasteiger partial charge in [-0.1, -0.05) is 13.0 Å². The van der Waals surface area contributed by atoms with Crippen LogP contribution >= 0.6 is 0 Å². The molecule has 106 valence electrons. The molecule has 1 aliphatic heterocycles. The van der Waals surface area contributed by atoms with Crippen molar-refractivity contribution in [1.82, 2.24) is 15.2 Å². The number of aromatic nitrogens is 1. The lowest BCUT2D eigenvalue weighted by atomic mass is 9.99. The van der Waals surface area contributed by atoms with Crippen molar-refractivity contribution in [2.45, 2.75) is 39.7 Å². The summed E-state index contributed by atoms with van der Waals surface area (Å²) in [6.45, 7) is 10.2. The third-order valence-corrected chi connectivity index (χ3v) is 3.79. The van der Waals surface area contributed by atoms with Crippen LogP contribution in [-0.4, -0.2) is 36.1 Å². The molecule has 1 aromatic rings. The van der Waals surface area contributed by atoms with Crippen LogP contribution in [-0.2, 0) is 6.54 Å². The molecule has 3 heteroatoms. The Morgan fingerprint density at radius 3 is 3.00 bits per heavy atom. The molecule has 1 N–H and O–H groups in total. The smallest absolute Gasteiger partial charge is 0.0313 e. The topological polar surface area (TPSA) is 28.2 Å². The van der Waals surface area contributed by atoms with E-state index in [-0.39, 0.29) is 0 Å². The Balaban J connectivity index is 1.91. The average molecular weight is 261 g/mol. The van der Waals surface area contributed by atoms with E-state index in [4.69, 9.17) is 0 Å². The van der Waals surface area contributed by atoms with Gasteiger partial charge in [0, 0.05) is 25.5 Å². The molecule has 0 bridgehead atoms. The van der Waals surface area contributed by atoms with Gasteiger partial charge in [-0.15, -0.1) is 0 Å². The first-order valence-electron chi connectivity index (χ1n) is 7.61. The van der Waals surface area contributed by atoms with E-state index in [1.165, 1.54) is 56.6 Å². The minimum absolute atomic E-state index is 0.818. The molecule has 2 rings (SSSR count). The Bertz CT molecular complexity index is 372. The number of rotatable bonds is 6. The zero-order valence-electron chi connectivity index (χ0n) is 12.4. The number of piperidine rings is 1. The molecular weight excluding hydrogens is 234 g/mol. The SMILES string of the molecule is CCCN(Cc1cncc(C)c1)CC1CCCNC1. The summed E-state index contributed by atoms with van der Waals surface area (Å²) < 4.78 is 0. The summed E-state index contributed by atoms with van der Waals surface area (Å²) in [6, 6.07) is 2.26. The van der Waals surface area contributed by atoms with Gasteiger partial charge in [0.2, 0.25) is 0 Å². The van der Waals surface area contributed by atoms with Gasteiger partial charge < -0.3 is 5.32 Å². The highest BCUT2D eigenvalue weighted by Crippen LogP contribution is 2.14. The van der Waals surface area contributed by atoms with Crippen molar-refractivity contribution >= 4 is 0 Å². The van der Waals surface area contributed by atoms with E-state index < -0.39 is 0 Å². The monoisotopic (exact) mass is 261 g/mol. The maximum atomic E-state index is 4.31. The van der Waals surface area contributed by atoms with Crippen molar-refractivity contribution < 1.29 is 0 Å². The van der Waals surface area contributed by atoms with Crippen molar-refractivity contribution in [3.63, 3.8) is 0 Å². The van der Waals surface area contributed by atoms with Crippen LogP contribution in [0.25, 0.3) is 0 Å². The van der Waals surface area contributed by atoms with Gasteiger partial charge in [-0.2, -0.15) is 0 Å². The molecule has 0 aromatic carbocycles. The molecule has 1 aromatic heterocycles. The molecule has 0 amide bonds. The maximum Gasteiger partial charge on any atom is 0.0313 e. The van der Waals surface area contributed by atoms with E-state index in [2.05, 4.69) is 35.1 Å². The highest BCUT2D eigenvalue weighted by Gasteiger charge is 2.16. The van der Waals surface area contributed by atoms with Gasteiger partial charge in [0.15, 0.2) is 0 Å². The predicted molar refractivity (Wildman–Crippen MR) is 80.1 cm³/mol. The summed E-state index contributed by atoms with van der Waals surface area (Å²) in [4.78, 5) is 6.90. The molecule has 3 nitrogen and oxygen atoms in total. The largest absolute Gasteiger partial charge is 0.316 e. The first-order chi connectivity index (χ1) is 9.28. The lowest BCUT2D eigenvalue weighted by Gasteiger charge is -2.30. The van der Waals surface area contributed by atoms with Crippen LogP contribution < -0.4 is 5.32 Å². The van der Waals surface area contributed by atoms with Gasteiger partial charge in [-0.25, -0.2) is 0 Å². The lowest BCUT2D eigenvalue weighted by Crippen LogP contribution is -2.38. The summed E-state index contributed by atoms with van der Waals surface area (Å²) >= 11 is 0.